The third kappa shape index (κ3) is 2.85. The van der Waals surface area contributed by atoms with Gasteiger partial charge in [0.25, 0.3) is 0 Å². The number of anilines is 1. The normalized spacial score (nSPS) is 16.3. The number of para-hydroxylation sites is 2. The van der Waals surface area contributed by atoms with E-state index in [9.17, 15) is 0 Å². The number of benzene rings is 2. The lowest BCUT2D eigenvalue weighted by molar-refractivity contribution is 0.249. The van der Waals surface area contributed by atoms with Gasteiger partial charge in [0.05, 0.1) is 16.8 Å². The van der Waals surface area contributed by atoms with Gasteiger partial charge in [-0.15, -0.1) is 11.3 Å². The Kier molecular flexibility index (Phi) is 3.79. The van der Waals surface area contributed by atoms with Gasteiger partial charge in [0.1, 0.15) is 5.01 Å². The molecule has 0 aliphatic carbocycles. The molecule has 1 aliphatic heterocycles. The summed E-state index contributed by atoms with van der Waals surface area (Å²) in [5.74, 6) is 0. The summed E-state index contributed by atoms with van der Waals surface area (Å²) < 4.78 is 1.29. The number of hydrogen-bond acceptors (Lipinski definition) is 4. The van der Waals surface area contributed by atoms with E-state index in [0.717, 1.165) is 38.2 Å². The van der Waals surface area contributed by atoms with Gasteiger partial charge < -0.3 is 4.90 Å². The molecule has 1 aliphatic rings. The summed E-state index contributed by atoms with van der Waals surface area (Å²) in [4.78, 5) is 9.73. The van der Waals surface area contributed by atoms with E-state index in [0.29, 0.717) is 0 Å². The Morgan fingerprint density at radius 2 is 1.59 bits per heavy atom. The first-order valence-corrected chi connectivity index (χ1v) is 8.57. The average molecular weight is 309 g/mol. The maximum Gasteiger partial charge on any atom is 0.108 e. The fraction of sp³-hybridized carbons (Fsp3) is 0.278. The van der Waals surface area contributed by atoms with Crippen molar-refractivity contribution in [3.63, 3.8) is 0 Å². The number of rotatable bonds is 3. The van der Waals surface area contributed by atoms with Crippen LogP contribution in [0.1, 0.15) is 5.01 Å². The van der Waals surface area contributed by atoms with E-state index in [1.165, 1.54) is 15.4 Å². The predicted molar refractivity (Wildman–Crippen MR) is 93.6 cm³/mol. The standard InChI is InChI=1S/C18H19N3S/c1-2-6-15(7-3-1)21-12-10-20(11-13-21)14-18-19-16-8-4-5-9-17(16)22-18/h1-9H,10-14H2. The molecule has 0 saturated carbocycles. The van der Waals surface area contributed by atoms with Gasteiger partial charge in [0, 0.05) is 31.9 Å². The lowest BCUT2D eigenvalue weighted by Crippen LogP contribution is -2.45. The Labute approximate surface area is 134 Å². The highest BCUT2D eigenvalue weighted by Gasteiger charge is 2.18. The molecule has 1 fully saturated rings. The summed E-state index contributed by atoms with van der Waals surface area (Å²) in [5.41, 5.74) is 2.47. The van der Waals surface area contributed by atoms with Crippen LogP contribution in [0.4, 0.5) is 5.69 Å². The average Bonchev–Trinajstić information content (AvgIpc) is 2.98. The molecule has 3 nitrogen and oxygen atoms in total. The Bertz CT molecular complexity index is 712. The smallest absolute Gasteiger partial charge is 0.108 e. The first-order valence-electron chi connectivity index (χ1n) is 7.75. The molecule has 0 radical (unpaired) electrons. The van der Waals surface area contributed by atoms with Crippen LogP contribution in [0.2, 0.25) is 0 Å². The van der Waals surface area contributed by atoms with E-state index in [1.54, 1.807) is 0 Å². The van der Waals surface area contributed by atoms with Gasteiger partial charge in [-0.2, -0.15) is 0 Å². The summed E-state index contributed by atoms with van der Waals surface area (Å²) >= 11 is 1.82. The number of aromatic nitrogens is 1. The highest BCUT2D eigenvalue weighted by Crippen LogP contribution is 2.23. The summed E-state index contributed by atoms with van der Waals surface area (Å²) in [6.45, 7) is 5.36. The monoisotopic (exact) mass is 309 g/mol. The largest absolute Gasteiger partial charge is 0.369 e. The first kappa shape index (κ1) is 13.7. The van der Waals surface area contributed by atoms with Gasteiger partial charge in [0.15, 0.2) is 0 Å². The van der Waals surface area contributed by atoms with Gasteiger partial charge in [-0.25, -0.2) is 4.98 Å². The second kappa shape index (κ2) is 6.07. The highest BCUT2D eigenvalue weighted by molar-refractivity contribution is 7.18. The molecule has 112 valence electrons. The van der Waals surface area contributed by atoms with Crippen LogP contribution >= 0.6 is 11.3 Å². The summed E-state index contributed by atoms with van der Waals surface area (Å²) in [6.07, 6.45) is 0. The van der Waals surface area contributed by atoms with E-state index < -0.39 is 0 Å². The van der Waals surface area contributed by atoms with Crippen LogP contribution in [0.15, 0.2) is 54.6 Å². The number of fused-ring (bicyclic) bond motifs is 1. The zero-order chi connectivity index (χ0) is 14.8. The van der Waals surface area contributed by atoms with E-state index in [4.69, 9.17) is 4.98 Å². The van der Waals surface area contributed by atoms with E-state index >= 15 is 0 Å². The van der Waals surface area contributed by atoms with Gasteiger partial charge >= 0.3 is 0 Å². The molecule has 2 heterocycles. The van der Waals surface area contributed by atoms with Crippen LogP contribution in [-0.2, 0) is 6.54 Å². The molecule has 3 aromatic rings. The molecule has 4 heteroatoms. The second-order valence-corrected chi connectivity index (χ2v) is 6.79. The quantitative estimate of drug-likeness (QED) is 0.736. The van der Waals surface area contributed by atoms with Gasteiger partial charge in [0.2, 0.25) is 0 Å². The molecule has 22 heavy (non-hydrogen) atoms. The molecule has 0 unspecified atom stereocenters. The number of thiazole rings is 1. The molecular formula is C18H19N3S. The Balaban J connectivity index is 1.39. The van der Waals surface area contributed by atoms with Crippen LogP contribution < -0.4 is 4.90 Å². The maximum absolute atomic E-state index is 4.75. The minimum atomic E-state index is 0.974. The molecule has 2 aromatic carbocycles. The summed E-state index contributed by atoms with van der Waals surface area (Å²) in [7, 11) is 0. The van der Waals surface area contributed by atoms with Crippen molar-refractivity contribution in [2.24, 2.45) is 0 Å². The summed E-state index contributed by atoms with van der Waals surface area (Å²) in [6, 6.07) is 19.1. The summed E-state index contributed by atoms with van der Waals surface area (Å²) in [5, 5.41) is 1.23. The third-order valence-corrected chi connectivity index (χ3v) is 5.21. The topological polar surface area (TPSA) is 19.4 Å². The zero-order valence-electron chi connectivity index (χ0n) is 12.5. The minimum absolute atomic E-state index is 0.974. The molecule has 0 bridgehead atoms. The van der Waals surface area contributed by atoms with Crippen molar-refractivity contribution in [3.8, 4) is 0 Å². The zero-order valence-corrected chi connectivity index (χ0v) is 13.3. The van der Waals surface area contributed by atoms with Crippen LogP contribution in [0.5, 0.6) is 0 Å². The van der Waals surface area contributed by atoms with Crippen molar-refractivity contribution in [1.82, 2.24) is 9.88 Å². The maximum atomic E-state index is 4.75. The fourth-order valence-electron chi connectivity index (χ4n) is 2.98. The van der Waals surface area contributed by atoms with Crippen molar-refractivity contribution >= 4 is 27.2 Å². The molecule has 0 spiro atoms. The molecule has 1 aromatic heterocycles. The number of nitrogens with zero attached hydrogens (tertiary/aromatic N) is 3. The second-order valence-electron chi connectivity index (χ2n) is 5.67. The van der Waals surface area contributed by atoms with Crippen molar-refractivity contribution < 1.29 is 0 Å². The van der Waals surface area contributed by atoms with Crippen LogP contribution in [-0.4, -0.2) is 36.1 Å². The first-order chi connectivity index (χ1) is 10.9. The number of piperazine rings is 1. The molecular weight excluding hydrogens is 290 g/mol. The lowest BCUT2D eigenvalue weighted by Gasteiger charge is -2.35. The van der Waals surface area contributed by atoms with Crippen LogP contribution in [0.25, 0.3) is 10.2 Å². The Hall–Kier alpha value is -1.91. The number of hydrogen-bond donors (Lipinski definition) is 0. The van der Waals surface area contributed by atoms with Crippen LogP contribution in [0.3, 0.4) is 0 Å². The van der Waals surface area contributed by atoms with E-state index in [1.807, 2.05) is 11.3 Å². The molecule has 0 N–H and O–H groups in total. The lowest BCUT2D eigenvalue weighted by atomic mass is 10.2. The van der Waals surface area contributed by atoms with Crippen molar-refractivity contribution in [2.45, 2.75) is 6.54 Å². The minimum Gasteiger partial charge on any atom is -0.369 e. The van der Waals surface area contributed by atoms with Crippen LogP contribution in [0, 0.1) is 0 Å². The SMILES string of the molecule is c1ccc(N2CCN(Cc3nc4ccccc4s3)CC2)cc1. The molecule has 1 saturated heterocycles. The van der Waals surface area contributed by atoms with Crippen molar-refractivity contribution in [2.75, 3.05) is 31.1 Å². The molecule has 0 atom stereocenters. The Morgan fingerprint density at radius 1 is 0.864 bits per heavy atom. The van der Waals surface area contributed by atoms with Crippen molar-refractivity contribution in [1.29, 1.82) is 0 Å². The molecule has 0 amide bonds. The fourth-order valence-corrected chi connectivity index (χ4v) is 3.99. The highest BCUT2D eigenvalue weighted by atomic mass is 32.1. The Morgan fingerprint density at radius 3 is 2.36 bits per heavy atom. The third-order valence-electron chi connectivity index (χ3n) is 4.19. The van der Waals surface area contributed by atoms with Crippen molar-refractivity contribution in [3.05, 3.63) is 59.6 Å². The van der Waals surface area contributed by atoms with Gasteiger partial charge in [-0.3, -0.25) is 4.90 Å². The molecule has 4 rings (SSSR count). The van der Waals surface area contributed by atoms with Gasteiger partial charge in [-0.1, -0.05) is 30.3 Å². The predicted octanol–water partition coefficient (Wildman–Crippen LogP) is 3.62. The van der Waals surface area contributed by atoms with E-state index in [-0.39, 0.29) is 0 Å². The van der Waals surface area contributed by atoms with Gasteiger partial charge in [-0.05, 0) is 24.3 Å². The van der Waals surface area contributed by atoms with E-state index in [2.05, 4.69) is 64.4 Å².